The first-order valence-corrected chi connectivity index (χ1v) is 3.83. The predicted molar refractivity (Wildman–Crippen MR) is 44.8 cm³/mol. The second kappa shape index (κ2) is 3.81. The summed E-state index contributed by atoms with van der Waals surface area (Å²) in [6.07, 6.45) is 0. The van der Waals surface area contributed by atoms with E-state index in [4.69, 9.17) is 5.90 Å². The van der Waals surface area contributed by atoms with E-state index in [1.807, 2.05) is 0 Å². The molecule has 1 aromatic rings. The van der Waals surface area contributed by atoms with Crippen molar-refractivity contribution in [3.05, 3.63) is 34.4 Å². The van der Waals surface area contributed by atoms with Crippen LogP contribution >= 0.6 is 0 Å². The quantitative estimate of drug-likeness (QED) is 0.718. The van der Waals surface area contributed by atoms with Crippen LogP contribution in [0.5, 0.6) is 0 Å². The Morgan fingerprint density at radius 1 is 1.38 bits per heavy atom. The Morgan fingerprint density at radius 2 is 2.00 bits per heavy atom. The highest BCUT2D eigenvalue weighted by Crippen LogP contribution is 2.20. The summed E-state index contributed by atoms with van der Waals surface area (Å²) in [6.45, 7) is 2.88. The van der Waals surface area contributed by atoms with Gasteiger partial charge in [0.15, 0.2) is 0 Å². The SMILES string of the molecule is Cc1cc(F)c(C)c(CON)c1F. The fraction of sp³-hybridized carbons (Fsp3) is 0.333. The molecule has 0 aliphatic rings. The first-order chi connectivity index (χ1) is 6.07. The van der Waals surface area contributed by atoms with E-state index in [0.29, 0.717) is 0 Å². The fourth-order valence-electron chi connectivity index (χ4n) is 1.16. The Hall–Kier alpha value is -1.00. The van der Waals surface area contributed by atoms with E-state index in [0.717, 1.165) is 6.07 Å². The summed E-state index contributed by atoms with van der Waals surface area (Å²) in [5.74, 6) is 3.92. The summed E-state index contributed by atoms with van der Waals surface area (Å²) in [4.78, 5) is 4.29. The van der Waals surface area contributed by atoms with Crippen LogP contribution in [0.25, 0.3) is 0 Å². The van der Waals surface area contributed by atoms with E-state index in [1.165, 1.54) is 13.8 Å². The summed E-state index contributed by atoms with van der Waals surface area (Å²) < 4.78 is 26.4. The maximum Gasteiger partial charge on any atom is 0.132 e. The normalized spacial score (nSPS) is 10.5. The number of hydrogen-bond donors (Lipinski definition) is 1. The average Bonchev–Trinajstić information content (AvgIpc) is 2.09. The maximum absolute atomic E-state index is 13.3. The summed E-state index contributed by atoms with van der Waals surface area (Å²) in [5.41, 5.74) is 0.684. The molecule has 0 heterocycles. The Balaban J connectivity index is 3.28. The van der Waals surface area contributed by atoms with Gasteiger partial charge in [-0.25, -0.2) is 14.7 Å². The highest BCUT2D eigenvalue weighted by molar-refractivity contribution is 5.33. The van der Waals surface area contributed by atoms with Crippen molar-refractivity contribution in [2.45, 2.75) is 20.5 Å². The Bertz CT molecular complexity index is 300. The van der Waals surface area contributed by atoms with E-state index < -0.39 is 11.6 Å². The average molecular weight is 187 g/mol. The molecular weight excluding hydrogens is 176 g/mol. The Morgan fingerprint density at radius 3 is 2.54 bits per heavy atom. The second-order valence-corrected chi connectivity index (χ2v) is 2.90. The third-order valence-corrected chi connectivity index (χ3v) is 1.99. The minimum atomic E-state index is -0.454. The van der Waals surface area contributed by atoms with Crippen LogP contribution in [0.15, 0.2) is 6.07 Å². The Labute approximate surface area is 75.3 Å². The lowest BCUT2D eigenvalue weighted by molar-refractivity contribution is 0.120. The van der Waals surface area contributed by atoms with Crippen LogP contribution in [-0.4, -0.2) is 0 Å². The smallest absolute Gasteiger partial charge is 0.132 e. The Kier molecular flexibility index (Phi) is 2.95. The van der Waals surface area contributed by atoms with Crippen LogP contribution in [0.2, 0.25) is 0 Å². The maximum atomic E-state index is 13.3. The molecule has 2 nitrogen and oxygen atoms in total. The molecule has 0 saturated carbocycles. The van der Waals surface area contributed by atoms with Gasteiger partial charge < -0.3 is 0 Å². The van der Waals surface area contributed by atoms with Gasteiger partial charge in [0.2, 0.25) is 0 Å². The highest BCUT2D eigenvalue weighted by Gasteiger charge is 2.12. The van der Waals surface area contributed by atoms with Crippen molar-refractivity contribution < 1.29 is 13.6 Å². The van der Waals surface area contributed by atoms with Crippen molar-refractivity contribution in [2.75, 3.05) is 0 Å². The van der Waals surface area contributed by atoms with E-state index in [-0.39, 0.29) is 23.3 Å². The molecule has 0 aliphatic heterocycles. The van der Waals surface area contributed by atoms with Gasteiger partial charge in [-0.05, 0) is 31.0 Å². The molecule has 0 amide bonds. The van der Waals surface area contributed by atoms with Gasteiger partial charge in [0.1, 0.15) is 11.6 Å². The fourth-order valence-corrected chi connectivity index (χ4v) is 1.16. The highest BCUT2D eigenvalue weighted by atomic mass is 19.1. The number of halogens is 2. The standard InChI is InChI=1S/C9H11F2NO/c1-5-3-8(10)6(2)7(4-13-12)9(5)11/h3H,4,12H2,1-2H3. The molecule has 0 aromatic heterocycles. The molecule has 0 aliphatic carbocycles. The molecule has 0 spiro atoms. The largest absolute Gasteiger partial charge is 0.300 e. The minimum absolute atomic E-state index is 0.115. The number of rotatable bonds is 2. The lowest BCUT2D eigenvalue weighted by Crippen LogP contribution is -2.06. The second-order valence-electron chi connectivity index (χ2n) is 2.90. The molecule has 72 valence electrons. The molecule has 0 atom stereocenters. The van der Waals surface area contributed by atoms with E-state index >= 15 is 0 Å². The zero-order valence-corrected chi connectivity index (χ0v) is 7.53. The number of nitrogens with two attached hydrogens (primary N) is 1. The molecule has 0 unspecified atom stereocenters. The monoisotopic (exact) mass is 187 g/mol. The van der Waals surface area contributed by atoms with E-state index in [2.05, 4.69) is 4.84 Å². The van der Waals surface area contributed by atoms with E-state index in [1.54, 1.807) is 0 Å². The number of aryl methyl sites for hydroxylation is 1. The molecule has 0 radical (unpaired) electrons. The van der Waals surface area contributed by atoms with Gasteiger partial charge in [-0.2, -0.15) is 0 Å². The molecule has 4 heteroatoms. The van der Waals surface area contributed by atoms with Crippen molar-refractivity contribution >= 4 is 0 Å². The van der Waals surface area contributed by atoms with Crippen molar-refractivity contribution in [1.29, 1.82) is 0 Å². The van der Waals surface area contributed by atoms with Crippen molar-refractivity contribution in [3.8, 4) is 0 Å². The lowest BCUT2D eigenvalue weighted by atomic mass is 10.0. The number of hydrogen-bond acceptors (Lipinski definition) is 2. The molecule has 13 heavy (non-hydrogen) atoms. The lowest BCUT2D eigenvalue weighted by Gasteiger charge is -2.08. The molecule has 0 bridgehead atoms. The minimum Gasteiger partial charge on any atom is -0.300 e. The zero-order chi connectivity index (χ0) is 10.0. The van der Waals surface area contributed by atoms with Crippen LogP contribution < -0.4 is 5.90 Å². The summed E-state index contributed by atoms with van der Waals surface area (Å²) in [5, 5.41) is 0. The summed E-state index contributed by atoms with van der Waals surface area (Å²) in [7, 11) is 0. The van der Waals surface area contributed by atoms with Crippen molar-refractivity contribution in [1.82, 2.24) is 0 Å². The third kappa shape index (κ3) is 1.84. The van der Waals surface area contributed by atoms with Crippen molar-refractivity contribution in [2.24, 2.45) is 5.90 Å². The number of benzene rings is 1. The van der Waals surface area contributed by atoms with Crippen LogP contribution in [0.4, 0.5) is 8.78 Å². The third-order valence-electron chi connectivity index (χ3n) is 1.99. The molecule has 0 fully saturated rings. The first-order valence-electron chi connectivity index (χ1n) is 3.83. The van der Waals surface area contributed by atoms with Gasteiger partial charge in [0.05, 0.1) is 6.61 Å². The molecule has 1 rings (SSSR count). The van der Waals surface area contributed by atoms with Gasteiger partial charge in [0, 0.05) is 5.56 Å². The topological polar surface area (TPSA) is 35.2 Å². The zero-order valence-electron chi connectivity index (χ0n) is 7.53. The van der Waals surface area contributed by atoms with Crippen LogP contribution in [0.1, 0.15) is 16.7 Å². The van der Waals surface area contributed by atoms with Gasteiger partial charge in [0.25, 0.3) is 0 Å². The van der Waals surface area contributed by atoms with Gasteiger partial charge in [-0.3, -0.25) is 4.84 Å². The van der Waals surface area contributed by atoms with Crippen molar-refractivity contribution in [3.63, 3.8) is 0 Å². The first kappa shape index (κ1) is 10.1. The van der Waals surface area contributed by atoms with Gasteiger partial charge in [-0.15, -0.1) is 0 Å². The van der Waals surface area contributed by atoms with Gasteiger partial charge in [-0.1, -0.05) is 0 Å². The molecule has 1 aromatic carbocycles. The van der Waals surface area contributed by atoms with Crippen LogP contribution in [-0.2, 0) is 11.4 Å². The molecular formula is C9H11F2NO. The summed E-state index contributed by atoms with van der Waals surface area (Å²) in [6, 6.07) is 1.16. The van der Waals surface area contributed by atoms with Crippen LogP contribution in [0, 0.1) is 25.5 Å². The van der Waals surface area contributed by atoms with E-state index in [9.17, 15) is 8.78 Å². The van der Waals surface area contributed by atoms with Crippen LogP contribution in [0.3, 0.4) is 0 Å². The summed E-state index contributed by atoms with van der Waals surface area (Å²) >= 11 is 0. The predicted octanol–water partition coefficient (Wildman–Crippen LogP) is 1.97. The molecule has 2 N–H and O–H groups in total. The van der Waals surface area contributed by atoms with Gasteiger partial charge >= 0.3 is 0 Å². The molecule has 0 saturated heterocycles.